The van der Waals surface area contributed by atoms with Gasteiger partial charge in [0.05, 0.1) is 25.7 Å². The van der Waals surface area contributed by atoms with Gasteiger partial charge in [-0.15, -0.1) is 0 Å². The van der Waals surface area contributed by atoms with Gasteiger partial charge in [-0.25, -0.2) is 0 Å². The number of carbonyl (C=O) groups is 1. The number of ketones is 1. The van der Waals surface area contributed by atoms with E-state index in [1.54, 1.807) is 7.11 Å². The monoisotopic (exact) mass is 327 g/mol. The molecule has 2 atom stereocenters. The van der Waals surface area contributed by atoms with Crippen molar-refractivity contribution in [2.75, 3.05) is 20.3 Å². The highest BCUT2D eigenvalue weighted by Gasteiger charge is 2.43. The van der Waals surface area contributed by atoms with Crippen molar-refractivity contribution in [2.24, 2.45) is 11.1 Å². The molecule has 19 heavy (non-hydrogen) atoms. The van der Waals surface area contributed by atoms with E-state index in [0.29, 0.717) is 19.6 Å². The Morgan fingerprint density at radius 2 is 2.37 bits per heavy atom. The van der Waals surface area contributed by atoms with Gasteiger partial charge in [0, 0.05) is 16.9 Å². The molecule has 0 radical (unpaired) electrons. The number of benzene rings is 1. The summed E-state index contributed by atoms with van der Waals surface area (Å²) in [6.45, 7) is 2.72. The molecule has 2 N–H and O–H groups in total. The van der Waals surface area contributed by atoms with Crippen molar-refractivity contribution in [3.8, 4) is 5.75 Å². The lowest BCUT2D eigenvalue weighted by Crippen LogP contribution is -2.45. The Bertz CT molecular complexity index is 492. The van der Waals surface area contributed by atoms with Crippen LogP contribution in [0.2, 0.25) is 0 Å². The van der Waals surface area contributed by atoms with E-state index in [2.05, 4.69) is 15.9 Å². The van der Waals surface area contributed by atoms with Crippen LogP contribution in [0.3, 0.4) is 0 Å². The molecule has 2 unspecified atom stereocenters. The standard InChI is InChI=1S/C14H18BrNO3/c1-14(8-19-7-12(14)16)13(17)6-9-5-10(18-2)3-4-11(9)15/h3-5,12H,6-8,16H2,1-2H3. The Hall–Kier alpha value is -0.910. The first-order valence-electron chi connectivity index (χ1n) is 6.16. The minimum absolute atomic E-state index is 0.103. The molecule has 1 saturated heterocycles. The second kappa shape index (κ2) is 5.61. The Kier molecular flexibility index (Phi) is 4.28. The lowest BCUT2D eigenvalue weighted by atomic mass is 9.79. The molecule has 1 aliphatic rings. The molecule has 4 nitrogen and oxygen atoms in total. The molecule has 0 bridgehead atoms. The Morgan fingerprint density at radius 1 is 1.63 bits per heavy atom. The number of rotatable bonds is 4. The third kappa shape index (κ3) is 2.83. The number of ether oxygens (including phenoxy) is 2. The van der Waals surface area contributed by atoms with Crippen LogP contribution in [0.4, 0.5) is 0 Å². The Morgan fingerprint density at radius 3 is 2.95 bits per heavy atom. The molecule has 1 aromatic rings. The molecule has 0 saturated carbocycles. The molecule has 1 fully saturated rings. The van der Waals surface area contributed by atoms with Crippen molar-refractivity contribution < 1.29 is 14.3 Å². The van der Waals surface area contributed by atoms with Gasteiger partial charge >= 0.3 is 0 Å². The van der Waals surface area contributed by atoms with E-state index in [0.717, 1.165) is 15.8 Å². The fourth-order valence-electron chi connectivity index (χ4n) is 2.16. The van der Waals surface area contributed by atoms with Crippen LogP contribution in [-0.4, -0.2) is 32.1 Å². The number of methoxy groups -OCH3 is 1. The van der Waals surface area contributed by atoms with E-state index < -0.39 is 5.41 Å². The van der Waals surface area contributed by atoms with Crippen molar-refractivity contribution in [3.05, 3.63) is 28.2 Å². The molecule has 0 amide bonds. The first-order chi connectivity index (χ1) is 8.97. The normalized spacial score (nSPS) is 26.4. The second-order valence-corrected chi connectivity index (χ2v) is 5.95. The molecule has 1 heterocycles. The number of halogens is 1. The molecular formula is C14H18BrNO3. The van der Waals surface area contributed by atoms with Gasteiger partial charge in [-0.05, 0) is 30.7 Å². The highest BCUT2D eigenvalue weighted by molar-refractivity contribution is 9.10. The second-order valence-electron chi connectivity index (χ2n) is 5.10. The third-order valence-electron chi connectivity index (χ3n) is 3.76. The SMILES string of the molecule is COc1ccc(Br)c(CC(=O)C2(C)COCC2N)c1. The van der Waals surface area contributed by atoms with Crippen molar-refractivity contribution in [1.82, 2.24) is 0 Å². The van der Waals surface area contributed by atoms with Gasteiger partial charge in [0.2, 0.25) is 0 Å². The van der Waals surface area contributed by atoms with Crippen LogP contribution < -0.4 is 10.5 Å². The molecule has 0 aromatic heterocycles. The molecule has 1 aromatic carbocycles. The molecular weight excluding hydrogens is 310 g/mol. The van der Waals surface area contributed by atoms with E-state index in [1.165, 1.54) is 0 Å². The van der Waals surface area contributed by atoms with Gasteiger partial charge in [0.1, 0.15) is 11.5 Å². The Labute approximate surface area is 121 Å². The molecule has 2 rings (SSSR count). The number of hydrogen-bond acceptors (Lipinski definition) is 4. The minimum Gasteiger partial charge on any atom is -0.497 e. The highest BCUT2D eigenvalue weighted by atomic mass is 79.9. The van der Waals surface area contributed by atoms with Crippen LogP contribution in [0, 0.1) is 5.41 Å². The van der Waals surface area contributed by atoms with Crippen LogP contribution >= 0.6 is 15.9 Å². The predicted molar refractivity (Wildman–Crippen MR) is 76.3 cm³/mol. The summed E-state index contributed by atoms with van der Waals surface area (Å²) >= 11 is 3.46. The molecule has 1 aliphatic heterocycles. The topological polar surface area (TPSA) is 61.5 Å². The maximum atomic E-state index is 12.5. The van der Waals surface area contributed by atoms with Crippen LogP contribution in [0.1, 0.15) is 12.5 Å². The number of Topliss-reactive ketones (excluding diaryl/α,β-unsaturated/α-hetero) is 1. The number of carbonyl (C=O) groups excluding carboxylic acids is 1. The summed E-state index contributed by atoms with van der Waals surface area (Å²) in [5.41, 5.74) is 6.29. The lowest BCUT2D eigenvalue weighted by molar-refractivity contribution is -0.127. The number of hydrogen-bond donors (Lipinski definition) is 1. The fourth-order valence-corrected chi connectivity index (χ4v) is 2.55. The summed E-state index contributed by atoms with van der Waals surface area (Å²) in [7, 11) is 1.61. The molecule has 5 heteroatoms. The van der Waals surface area contributed by atoms with E-state index >= 15 is 0 Å². The van der Waals surface area contributed by atoms with Crippen LogP contribution in [-0.2, 0) is 16.0 Å². The van der Waals surface area contributed by atoms with Gasteiger partial charge in [0.15, 0.2) is 0 Å². The Balaban J connectivity index is 2.19. The van der Waals surface area contributed by atoms with Crippen LogP contribution in [0.25, 0.3) is 0 Å². The highest BCUT2D eigenvalue weighted by Crippen LogP contribution is 2.31. The zero-order chi connectivity index (χ0) is 14.0. The van der Waals surface area contributed by atoms with Crippen LogP contribution in [0.5, 0.6) is 5.75 Å². The summed E-state index contributed by atoms with van der Waals surface area (Å²) in [6, 6.07) is 5.37. The maximum Gasteiger partial charge on any atom is 0.147 e. The van der Waals surface area contributed by atoms with E-state index in [4.69, 9.17) is 15.2 Å². The fraction of sp³-hybridized carbons (Fsp3) is 0.500. The smallest absolute Gasteiger partial charge is 0.147 e. The molecule has 0 spiro atoms. The summed E-state index contributed by atoms with van der Waals surface area (Å²) in [5.74, 6) is 0.842. The number of nitrogens with two attached hydrogens (primary N) is 1. The minimum atomic E-state index is -0.595. The molecule has 104 valence electrons. The van der Waals surface area contributed by atoms with E-state index in [9.17, 15) is 4.79 Å². The van der Waals surface area contributed by atoms with Gasteiger partial charge in [-0.2, -0.15) is 0 Å². The zero-order valence-corrected chi connectivity index (χ0v) is 12.7. The van der Waals surface area contributed by atoms with Crippen molar-refractivity contribution in [3.63, 3.8) is 0 Å². The first-order valence-corrected chi connectivity index (χ1v) is 6.95. The summed E-state index contributed by atoms with van der Waals surface area (Å²) in [4.78, 5) is 12.5. The van der Waals surface area contributed by atoms with Gasteiger partial charge in [-0.1, -0.05) is 15.9 Å². The average molecular weight is 328 g/mol. The van der Waals surface area contributed by atoms with Gasteiger partial charge in [0.25, 0.3) is 0 Å². The van der Waals surface area contributed by atoms with Crippen molar-refractivity contribution in [1.29, 1.82) is 0 Å². The van der Waals surface area contributed by atoms with Gasteiger partial charge < -0.3 is 15.2 Å². The maximum absolute atomic E-state index is 12.5. The predicted octanol–water partition coefficient (Wildman–Crippen LogP) is 1.93. The van der Waals surface area contributed by atoms with E-state index in [1.807, 2.05) is 25.1 Å². The van der Waals surface area contributed by atoms with Crippen molar-refractivity contribution >= 4 is 21.7 Å². The van der Waals surface area contributed by atoms with Crippen LogP contribution in [0.15, 0.2) is 22.7 Å². The largest absolute Gasteiger partial charge is 0.497 e. The quantitative estimate of drug-likeness (QED) is 0.917. The van der Waals surface area contributed by atoms with Crippen molar-refractivity contribution in [2.45, 2.75) is 19.4 Å². The van der Waals surface area contributed by atoms with E-state index in [-0.39, 0.29) is 11.8 Å². The zero-order valence-electron chi connectivity index (χ0n) is 11.1. The summed E-state index contributed by atoms with van der Waals surface area (Å²) in [6.07, 6.45) is 0.325. The van der Waals surface area contributed by atoms with Gasteiger partial charge in [-0.3, -0.25) is 4.79 Å². The summed E-state index contributed by atoms with van der Waals surface area (Å²) < 4.78 is 11.4. The third-order valence-corrected chi connectivity index (χ3v) is 4.53. The first kappa shape index (κ1) is 14.5. The summed E-state index contributed by atoms with van der Waals surface area (Å²) in [5, 5.41) is 0. The average Bonchev–Trinajstić information content (AvgIpc) is 2.73. The lowest BCUT2D eigenvalue weighted by Gasteiger charge is -2.25. The molecule has 0 aliphatic carbocycles.